The molecule has 19 heavy (non-hydrogen) atoms. The molecule has 0 spiro atoms. The van der Waals surface area contributed by atoms with Gasteiger partial charge in [0.1, 0.15) is 6.04 Å². The van der Waals surface area contributed by atoms with E-state index in [0.29, 0.717) is 6.54 Å². The van der Waals surface area contributed by atoms with Gasteiger partial charge in [-0.05, 0) is 16.3 Å². The van der Waals surface area contributed by atoms with Crippen molar-refractivity contribution in [2.24, 2.45) is 5.73 Å². The van der Waals surface area contributed by atoms with Gasteiger partial charge in [0.15, 0.2) is 0 Å². The van der Waals surface area contributed by atoms with E-state index >= 15 is 0 Å². The third-order valence-corrected chi connectivity index (χ3v) is 4.80. The minimum atomic E-state index is -0.488. The number of amides is 1. The van der Waals surface area contributed by atoms with Crippen molar-refractivity contribution in [2.75, 3.05) is 12.3 Å². The molecular weight excluding hydrogens is 256 g/mol. The Morgan fingerprint density at radius 2 is 1.95 bits per heavy atom. The molecule has 0 bridgehead atoms. The Bertz CT molecular complexity index is 609. The molecule has 2 atom stereocenters. The molecule has 0 aromatic heterocycles. The van der Waals surface area contributed by atoms with Gasteiger partial charge >= 0.3 is 0 Å². The molecule has 3 nitrogen and oxygen atoms in total. The number of fused-ring (bicyclic) bond motifs is 1. The first-order valence-electron chi connectivity index (χ1n) is 6.40. The molecule has 1 saturated heterocycles. The van der Waals surface area contributed by atoms with Gasteiger partial charge < -0.3 is 11.1 Å². The lowest BCUT2D eigenvalue weighted by Crippen LogP contribution is -2.42. The van der Waals surface area contributed by atoms with Crippen LogP contribution in [-0.2, 0) is 4.79 Å². The third-order valence-electron chi connectivity index (χ3n) is 3.46. The largest absolute Gasteiger partial charge is 0.354 e. The van der Waals surface area contributed by atoms with Crippen LogP contribution in [0, 0.1) is 0 Å². The lowest BCUT2D eigenvalue weighted by Gasteiger charge is -2.21. The number of carbonyl (C=O) groups excluding carboxylic acids is 1. The van der Waals surface area contributed by atoms with Crippen molar-refractivity contribution in [3.63, 3.8) is 0 Å². The molecule has 4 heteroatoms. The average Bonchev–Trinajstić information content (AvgIpc) is 2.61. The fourth-order valence-electron chi connectivity index (χ4n) is 2.50. The Morgan fingerprint density at radius 1 is 1.16 bits per heavy atom. The molecule has 1 fully saturated rings. The van der Waals surface area contributed by atoms with E-state index in [4.69, 9.17) is 5.73 Å². The number of nitrogens with one attached hydrogen (secondary N) is 1. The van der Waals surface area contributed by atoms with Gasteiger partial charge in [0, 0.05) is 12.3 Å². The van der Waals surface area contributed by atoms with Gasteiger partial charge in [-0.25, -0.2) is 0 Å². The minimum absolute atomic E-state index is 0.0219. The van der Waals surface area contributed by atoms with Crippen molar-refractivity contribution < 1.29 is 4.79 Å². The molecule has 2 aromatic rings. The average molecular weight is 272 g/mol. The Kier molecular flexibility index (Phi) is 3.44. The smallest absolute Gasteiger partial charge is 0.238 e. The second-order valence-electron chi connectivity index (χ2n) is 4.68. The van der Waals surface area contributed by atoms with Gasteiger partial charge in [-0.2, -0.15) is 0 Å². The summed E-state index contributed by atoms with van der Waals surface area (Å²) in [6, 6.07) is 14.0. The second kappa shape index (κ2) is 5.23. The summed E-state index contributed by atoms with van der Waals surface area (Å²) in [5, 5.41) is 5.26. The van der Waals surface area contributed by atoms with Gasteiger partial charge in [-0.15, -0.1) is 11.8 Å². The van der Waals surface area contributed by atoms with Crippen LogP contribution in [0.1, 0.15) is 10.8 Å². The highest BCUT2D eigenvalue weighted by Crippen LogP contribution is 2.36. The lowest BCUT2D eigenvalue weighted by atomic mass is 9.98. The second-order valence-corrected chi connectivity index (χ2v) is 5.93. The van der Waals surface area contributed by atoms with Gasteiger partial charge in [-0.1, -0.05) is 42.5 Å². The van der Waals surface area contributed by atoms with E-state index in [1.807, 2.05) is 18.2 Å². The number of hydrogen-bond acceptors (Lipinski definition) is 3. The summed E-state index contributed by atoms with van der Waals surface area (Å²) < 4.78 is 0. The van der Waals surface area contributed by atoms with E-state index in [2.05, 4.69) is 29.6 Å². The van der Waals surface area contributed by atoms with Crippen LogP contribution >= 0.6 is 11.8 Å². The van der Waals surface area contributed by atoms with Crippen LogP contribution in [0.2, 0.25) is 0 Å². The van der Waals surface area contributed by atoms with Crippen molar-refractivity contribution >= 4 is 28.4 Å². The number of benzene rings is 2. The summed E-state index contributed by atoms with van der Waals surface area (Å²) in [6.07, 6.45) is 0. The van der Waals surface area contributed by atoms with Gasteiger partial charge in [-0.3, -0.25) is 4.79 Å². The maximum Gasteiger partial charge on any atom is 0.238 e. The highest BCUT2D eigenvalue weighted by atomic mass is 32.2. The first kappa shape index (κ1) is 12.5. The Labute approximate surface area is 116 Å². The first-order valence-corrected chi connectivity index (χ1v) is 7.45. The Morgan fingerprint density at radius 3 is 2.84 bits per heavy atom. The molecule has 1 aliphatic heterocycles. The SMILES string of the molecule is N[C@H]1C(=O)NCCS[C@H]1c1cccc2ccccc12. The first-order chi connectivity index (χ1) is 9.27. The lowest BCUT2D eigenvalue weighted by molar-refractivity contribution is -0.122. The van der Waals surface area contributed by atoms with Crippen LogP contribution in [0.15, 0.2) is 42.5 Å². The van der Waals surface area contributed by atoms with Crippen LogP contribution in [-0.4, -0.2) is 24.2 Å². The van der Waals surface area contributed by atoms with Gasteiger partial charge in [0.2, 0.25) is 5.91 Å². The highest BCUT2D eigenvalue weighted by Gasteiger charge is 2.29. The van der Waals surface area contributed by atoms with E-state index in [9.17, 15) is 4.79 Å². The zero-order valence-corrected chi connectivity index (χ0v) is 11.3. The molecule has 1 aliphatic rings. The van der Waals surface area contributed by atoms with Crippen LogP contribution < -0.4 is 11.1 Å². The summed E-state index contributed by atoms with van der Waals surface area (Å²) in [6.45, 7) is 0.693. The van der Waals surface area contributed by atoms with Crippen LogP contribution in [0.25, 0.3) is 10.8 Å². The van der Waals surface area contributed by atoms with Gasteiger partial charge in [0.05, 0.1) is 5.25 Å². The quantitative estimate of drug-likeness (QED) is 0.835. The van der Waals surface area contributed by atoms with Crippen LogP contribution in [0.3, 0.4) is 0 Å². The number of carbonyl (C=O) groups is 1. The monoisotopic (exact) mass is 272 g/mol. The molecule has 0 aliphatic carbocycles. The summed E-state index contributed by atoms with van der Waals surface area (Å²) >= 11 is 1.76. The van der Waals surface area contributed by atoms with E-state index in [0.717, 1.165) is 11.3 Å². The van der Waals surface area contributed by atoms with Crippen LogP contribution in [0.5, 0.6) is 0 Å². The number of rotatable bonds is 1. The Balaban J connectivity index is 2.09. The maximum absolute atomic E-state index is 11.9. The van der Waals surface area contributed by atoms with Crippen LogP contribution in [0.4, 0.5) is 0 Å². The van der Waals surface area contributed by atoms with E-state index in [1.54, 1.807) is 11.8 Å². The fraction of sp³-hybridized carbons (Fsp3) is 0.267. The molecule has 0 saturated carbocycles. The molecule has 0 unspecified atom stereocenters. The molecule has 1 heterocycles. The number of thioether (sulfide) groups is 1. The van der Waals surface area contributed by atoms with Crippen molar-refractivity contribution in [3.8, 4) is 0 Å². The van der Waals surface area contributed by atoms with Crippen molar-refractivity contribution in [1.29, 1.82) is 0 Å². The Hall–Kier alpha value is -1.52. The third kappa shape index (κ3) is 2.33. The number of nitrogens with two attached hydrogens (primary N) is 1. The highest BCUT2D eigenvalue weighted by molar-refractivity contribution is 7.99. The fourth-order valence-corrected chi connectivity index (χ4v) is 3.69. The van der Waals surface area contributed by atoms with E-state index in [1.165, 1.54) is 10.8 Å². The predicted octanol–water partition coefficient (Wildman–Crippen LogP) is 2.07. The van der Waals surface area contributed by atoms with E-state index in [-0.39, 0.29) is 11.2 Å². The maximum atomic E-state index is 11.9. The minimum Gasteiger partial charge on any atom is -0.354 e. The molecule has 3 rings (SSSR count). The predicted molar refractivity (Wildman–Crippen MR) is 80.1 cm³/mol. The normalized spacial score (nSPS) is 23.9. The zero-order chi connectivity index (χ0) is 13.2. The molecule has 3 N–H and O–H groups in total. The summed E-state index contributed by atoms with van der Waals surface area (Å²) in [5.41, 5.74) is 7.27. The van der Waals surface area contributed by atoms with Gasteiger partial charge in [0.25, 0.3) is 0 Å². The molecule has 0 radical (unpaired) electrons. The topological polar surface area (TPSA) is 55.1 Å². The standard InChI is InChI=1S/C15H16N2OS/c16-13-14(19-9-8-17-15(13)18)12-7-3-5-10-4-1-2-6-11(10)12/h1-7,13-14H,8-9,16H2,(H,17,18)/t13-,14+/m1/s1. The summed E-state index contributed by atoms with van der Waals surface area (Å²) in [4.78, 5) is 11.9. The summed E-state index contributed by atoms with van der Waals surface area (Å²) in [5.74, 6) is 0.843. The van der Waals surface area contributed by atoms with Crippen molar-refractivity contribution in [2.45, 2.75) is 11.3 Å². The number of hydrogen-bond donors (Lipinski definition) is 2. The summed E-state index contributed by atoms with van der Waals surface area (Å²) in [7, 11) is 0. The molecule has 2 aromatic carbocycles. The molecular formula is C15H16N2OS. The van der Waals surface area contributed by atoms with Crippen molar-refractivity contribution in [1.82, 2.24) is 5.32 Å². The zero-order valence-electron chi connectivity index (χ0n) is 10.5. The van der Waals surface area contributed by atoms with Crippen molar-refractivity contribution in [3.05, 3.63) is 48.0 Å². The molecule has 98 valence electrons. The van der Waals surface area contributed by atoms with E-state index < -0.39 is 6.04 Å². The molecule has 1 amide bonds.